The fourth-order valence-corrected chi connectivity index (χ4v) is 4.01. The van der Waals surface area contributed by atoms with Gasteiger partial charge in [-0.05, 0) is 38.3 Å². The molecular formula is C24H29N7O2. The minimum atomic E-state index is -0.639. The number of nitrogens with two attached hydrogens (primary N) is 2. The van der Waals surface area contributed by atoms with Crippen molar-refractivity contribution in [3.8, 4) is 11.1 Å². The third kappa shape index (κ3) is 4.88. The van der Waals surface area contributed by atoms with Crippen LogP contribution in [-0.2, 0) is 0 Å². The molecule has 0 aliphatic carbocycles. The van der Waals surface area contributed by atoms with Gasteiger partial charge >= 0.3 is 0 Å². The molecule has 0 bridgehead atoms. The van der Waals surface area contributed by atoms with E-state index in [1.165, 1.54) is 6.20 Å². The average Bonchev–Trinajstić information content (AvgIpc) is 2.80. The van der Waals surface area contributed by atoms with Crippen LogP contribution in [0, 0.1) is 0 Å². The van der Waals surface area contributed by atoms with Gasteiger partial charge in [-0.2, -0.15) is 4.98 Å². The Bertz CT molecular complexity index is 1210. The Morgan fingerprint density at radius 3 is 2.67 bits per heavy atom. The highest BCUT2D eigenvalue weighted by Gasteiger charge is 2.22. The first-order chi connectivity index (χ1) is 15.8. The maximum atomic E-state index is 13.1. The Balaban J connectivity index is 1.77. The molecule has 0 radical (unpaired) electrons. The monoisotopic (exact) mass is 447 g/mol. The number of hydrogen-bond acceptors (Lipinski definition) is 7. The molecular weight excluding hydrogens is 418 g/mol. The zero-order chi connectivity index (χ0) is 23.5. The smallest absolute Gasteiger partial charge is 0.258 e. The molecule has 2 aromatic heterocycles. The van der Waals surface area contributed by atoms with Crippen molar-refractivity contribution in [3.05, 3.63) is 64.7 Å². The van der Waals surface area contributed by atoms with Crippen LogP contribution < -0.4 is 27.2 Å². The lowest BCUT2D eigenvalue weighted by Gasteiger charge is -2.31. The van der Waals surface area contributed by atoms with E-state index in [-0.39, 0.29) is 23.2 Å². The molecule has 0 spiro atoms. The summed E-state index contributed by atoms with van der Waals surface area (Å²) in [4.78, 5) is 36.1. The number of primary amides is 1. The number of aromatic nitrogens is 3. The molecule has 1 unspecified atom stereocenters. The largest absolute Gasteiger partial charge is 0.365 e. The summed E-state index contributed by atoms with van der Waals surface area (Å²) in [6, 6.07) is 11.2. The normalized spacial score (nSPS) is 16.1. The molecule has 172 valence electrons. The fourth-order valence-electron chi connectivity index (χ4n) is 4.01. The van der Waals surface area contributed by atoms with Crippen molar-refractivity contribution in [2.75, 3.05) is 23.3 Å². The molecule has 4 rings (SSSR count). The zero-order valence-electron chi connectivity index (χ0n) is 18.9. The van der Waals surface area contributed by atoms with Crippen molar-refractivity contribution in [2.45, 2.75) is 38.8 Å². The standard InChI is InChI=1S/C24H29N7O2/c1-15(2)31-14-18(11-19(23(31)33)16-7-4-3-5-8-16)28-22-20(21(26)32)12-27-24(29-22)30-10-6-9-17(25)13-30/h3-5,7-8,11-12,14-15,17H,6,9-10,13,25H2,1-2H3,(H2,26,32)(H,27,28,29). The first-order valence-electron chi connectivity index (χ1n) is 11.1. The van der Waals surface area contributed by atoms with E-state index in [4.69, 9.17) is 11.5 Å². The van der Waals surface area contributed by atoms with Crippen molar-refractivity contribution in [1.82, 2.24) is 14.5 Å². The Labute approximate surface area is 192 Å². The molecule has 1 aliphatic heterocycles. The Hall–Kier alpha value is -3.72. The van der Waals surface area contributed by atoms with Crippen LogP contribution in [0.2, 0.25) is 0 Å². The van der Waals surface area contributed by atoms with Gasteiger partial charge in [0, 0.05) is 43.1 Å². The van der Waals surface area contributed by atoms with Crippen LogP contribution in [-0.4, -0.2) is 39.6 Å². The van der Waals surface area contributed by atoms with Gasteiger partial charge in [-0.15, -0.1) is 0 Å². The van der Waals surface area contributed by atoms with Crippen LogP contribution in [0.25, 0.3) is 11.1 Å². The van der Waals surface area contributed by atoms with Gasteiger partial charge in [0.1, 0.15) is 11.4 Å². The van der Waals surface area contributed by atoms with E-state index in [1.54, 1.807) is 16.8 Å². The third-order valence-electron chi connectivity index (χ3n) is 5.73. The van der Waals surface area contributed by atoms with Crippen molar-refractivity contribution in [1.29, 1.82) is 0 Å². The van der Waals surface area contributed by atoms with Crippen LogP contribution >= 0.6 is 0 Å². The van der Waals surface area contributed by atoms with E-state index >= 15 is 0 Å². The molecule has 1 fully saturated rings. The number of piperidine rings is 1. The quantitative estimate of drug-likeness (QED) is 0.529. The van der Waals surface area contributed by atoms with Crippen LogP contribution in [0.1, 0.15) is 43.1 Å². The second-order valence-corrected chi connectivity index (χ2v) is 8.58. The molecule has 9 heteroatoms. The summed E-state index contributed by atoms with van der Waals surface area (Å²) in [6.45, 7) is 5.32. The predicted octanol–water partition coefficient (Wildman–Crippen LogP) is 2.66. The van der Waals surface area contributed by atoms with Crippen LogP contribution in [0.3, 0.4) is 0 Å². The number of anilines is 3. The van der Waals surface area contributed by atoms with Crippen LogP contribution in [0.4, 0.5) is 17.5 Å². The van der Waals surface area contributed by atoms with Gasteiger partial charge in [0.15, 0.2) is 0 Å². The molecule has 3 heterocycles. The number of amides is 1. The lowest BCUT2D eigenvalue weighted by molar-refractivity contribution is 0.100. The van der Waals surface area contributed by atoms with Gasteiger partial charge < -0.3 is 26.3 Å². The molecule has 1 aromatic carbocycles. The highest BCUT2D eigenvalue weighted by Crippen LogP contribution is 2.26. The zero-order valence-corrected chi connectivity index (χ0v) is 18.9. The summed E-state index contributed by atoms with van der Waals surface area (Å²) in [6.07, 6.45) is 5.07. The Morgan fingerprint density at radius 1 is 1.24 bits per heavy atom. The molecule has 9 nitrogen and oxygen atoms in total. The second-order valence-electron chi connectivity index (χ2n) is 8.58. The predicted molar refractivity (Wildman–Crippen MR) is 130 cm³/mol. The van der Waals surface area contributed by atoms with E-state index in [0.717, 1.165) is 24.9 Å². The summed E-state index contributed by atoms with van der Waals surface area (Å²) < 4.78 is 1.65. The molecule has 33 heavy (non-hydrogen) atoms. The average molecular weight is 448 g/mol. The van der Waals surface area contributed by atoms with E-state index in [9.17, 15) is 9.59 Å². The number of carbonyl (C=O) groups excluding carboxylic acids is 1. The van der Waals surface area contributed by atoms with Gasteiger partial charge in [0.25, 0.3) is 11.5 Å². The molecule has 1 atom stereocenters. The molecule has 5 N–H and O–H groups in total. The Morgan fingerprint density at radius 2 is 2.00 bits per heavy atom. The highest BCUT2D eigenvalue weighted by atomic mass is 16.1. The summed E-state index contributed by atoms with van der Waals surface area (Å²) in [5, 5.41) is 3.21. The lowest BCUT2D eigenvalue weighted by Crippen LogP contribution is -2.43. The van der Waals surface area contributed by atoms with Crippen molar-refractivity contribution in [2.24, 2.45) is 11.5 Å². The third-order valence-corrected chi connectivity index (χ3v) is 5.73. The van der Waals surface area contributed by atoms with Gasteiger partial charge in [0.05, 0.1) is 5.69 Å². The van der Waals surface area contributed by atoms with Crippen LogP contribution in [0.15, 0.2) is 53.6 Å². The lowest BCUT2D eigenvalue weighted by atomic mass is 10.1. The molecule has 3 aromatic rings. The van der Waals surface area contributed by atoms with E-state index < -0.39 is 5.91 Å². The SMILES string of the molecule is CC(C)n1cc(Nc2nc(N3CCCC(N)C3)ncc2C(N)=O)cc(-c2ccccc2)c1=O. The second kappa shape index (κ2) is 9.41. The number of rotatable bonds is 6. The molecule has 1 aliphatic rings. The van der Waals surface area contributed by atoms with E-state index in [0.29, 0.717) is 29.6 Å². The Kier molecular flexibility index (Phi) is 6.41. The van der Waals surface area contributed by atoms with Gasteiger partial charge in [0.2, 0.25) is 5.95 Å². The number of pyridine rings is 1. The number of nitrogens with one attached hydrogen (secondary N) is 1. The van der Waals surface area contributed by atoms with E-state index in [1.807, 2.05) is 49.1 Å². The molecule has 1 amide bonds. The van der Waals surface area contributed by atoms with Crippen molar-refractivity contribution < 1.29 is 4.79 Å². The van der Waals surface area contributed by atoms with E-state index in [2.05, 4.69) is 15.3 Å². The minimum absolute atomic E-state index is 0.0533. The van der Waals surface area contributed by atoms with Crippen molar-refractivity contribution in [3.63, 3.8) is 0 Å². The molecule has 0 saturated carbocycles. The van der Waals surface area contributed by atoms with Gasteiger partial charge in [-0.25, -0.2) is 4.98 Å². The number of benzene rings is 1. The summed E-state index contributed by atoms with van der Waals surface area (Å²) in [7, 11) is 0. The topological polar surface area (TPSA) is 132 Å². The number of carbonyl (C=O) groups is 1. The summed E-state index contributed by atoms with van der Waals surface area (Å²) in [5.74, 6) is 0.137. The minimum Gasteiger partial charge on any atom is -0.365 e. The van der Waals surface area contributed by atoms with Gasteiger partial charge in [-0.3, -0.25) is 9.59 Å². The highest BCUT2D eigenvalue weighted by molar-refractivity contribution is 5.98. The summed E-state index contributed by atoms with van der Waals surface area (Å²) >= 11 is 0. The maximum Gasteiger partial charge on any atom is 0.258 e. The first kappa shape index (κ1) is 22.5. The number of hydrogen-bond donors (Lipinski definition) is 3. The van der Waals surface area contributed by atoms with Crippen LogP contribution in [0.5, 0.6) is 0 Å². The number of nitrogens with zero attached hydrogens (tertiary/aromatic N) is 4. The van der Waals surface area contributed by atoms with Gasteiger partial charge in [-0.1, -0.05) is 30.3 Å². The summed E-state index contributed by atoms with van der Waals surface area (Å²) in [5.41, 5.74) is 13.8. The fraction of sp³-hybridized carbons (Fsp3) is 0.333. The van der Waals surface area contributed by atoms with Crippen molar-refractivity contribution >= 4 is 23.4 Å². The maximum absolute atomic E-state index is 13.1. The first-order valence-corrected chi connectivity index (χ1v) is 11.1. The molecule has 1 saturated heterocycles.